The van der Waals surface area contributed by atoms with Crippen molar-refractivity contribution in [3.05, 3.63) is 36.5 Å². The monoisotopic (exact) mass is 404 g/mol. The van der Waals surface area contributed by atoms with Gasteiger partial charge in [0, 0.05) is 5.54 Å². The van der Waals surface area contributed by atoms with Gasteiger partial charge >= 0.3 is 0 Å². The average molecular weight is 405 g/mol. The van der Waals surface area contributed by atoms with Gasteiger partial charge in [-0.2, -0.15) is 0 Å². The highest BCUT2D eigenvalue weighted by molar-refractivity contribution is 5.01. The predicted octanol–water partition coefficient (Wildman–Crippen LogP) is 7.84. The molecule has 0 aromatic carbocycles. The lowest BCUT2D eigenvalue weighted by atomic mass is 9.69. The van der Waals surface area contributed by atoms with Gasteiger partial charge in [-0.3, -0.25) is 0 Å². The van der Waals surface area contributed by atoms with Gasteiger partial charge in [-0.05, 0) is 70.8 Å². The molecule has 0 fully saturated rings. The number of hydrogen-bond acceptors (Lipinski definition) is 2. The Morgan fingerprint density at radius 1 is 0.621 bits per heavy atom. The summed E-state index contributed by atoms with van der Waals surface area (Å²) in [6.45, 7) is 9.85. The van der Waals surface area contributed by atoms with E-state index < -0.39 is 0 Å². The summed E-state index contributed by atoms with van der Waals surface area (Å²) in [5.74, 6) is 0. The maximum absolute atomic E-state index is 6.73. The molecule has 4 N–H and O–H groups in total. The molecule has 2 heteroatoms. The fourth-order valence-electron chi connectivity index (χ4n) is 3.57. The highest BCUT2D eigenvalue weighted by Gasteiger charge is 2.35. The number of allylic oxidation sites excluding steroid dienone is 5. The minimum Gasteiger partial charge on any atom is -0.330 e. The Kier molecular flexibility index (Phi) is 17.4. The van der Waals surface area contributed by atoms with Gasteiger partial charge in [0.2, 0.25) is 0 Å². The van der Waals surface area contributed by atoms with Crippen LogP contribution in [0.15, 0.2) is 36.5 Å². The summed E-state index contributed by atoms with van der Waals surface area (Å²) in [5, 5.41) is 0. The van der Waals surface area contributed by atoms with E-state index in [-0.39, 0.29) is 11.0 Å². The molecule has 0 radical (unpaired) electrons. The summed E-state index contributed by atoms with van der Waals surface area (Å²) < 4.78 is 0. The van der Waals surface area contributed by atoms with Gasteiger partial charge in [0.1, 0.15) is 0 Å². The molecule has 0 heterocycles. The molecule has 0 aromatic rings. The Morgan fingerprint density at radius 3 is 1.59 bits per heavy atom. The minimum atomic E-state index is -0.145. The molecule has 0 saturated carbocycles. The van der Waals surface area contributed by atoms with Crippen LogP contribution in [-0.2, 0) is 0 Å². The third-order valence-corrected chi connectivity index (χ3v) is 6.41. The molecule has 0 aromatic heterocycles. The Balaban J connectivity index is 3.92. The summed E-state index contributed by atoms with van der Waals surface area (Å²) >= 11 is 0. The first kappa shape index (κ1) is 28.1. The molecule has 0 spiro atoms. The van der Waals surface area contributed by atoms with E-state index in [4.69, 9.17) is 11.5 Å². The first-order chi connectivity index (χ1) is 13.9. The summed E-state index contributed by atoms with van der Waals surface area (Å²) in [5.41, 5.74) is 12.3. The molecular formula is C27H52N2. The highest BCUT2D eigenvalue weighted by atomic mass is 14.8. The second kappa shape index (κ2) is 18.0. The molecule has 0 aliphatic carbocycles. The van der Waals surface area contributed by atoms with E-state index in [2.05, 4.69) is 64.2 Å². The van der Waals surface area contributed by atoms with Gasteiger partial charge in [0.15, 0.2) is 0 Å². The Bertz CT molecular complexity index is 443. The lowest BCUT2D eigenvalue weighted by Gasteiger charge is -2.41. The quantitative estimate of drug-likeness (QED) is 0.170. The van der Waals surface area contributed by atoms with Crippen LogP contribution in [0.1, 0.15) is 118 Å². The van der Waals surface area contributed by atoms with Crippen LogP contribution in [0.25, 0.3) is 0 Å². The third-order valence-electron chi connectivity index (χ3n) is 6.41. The number of unbranched alkanes of at least 4 members (excludes halogenated alkanes) is 9. The molecule has 0 aliphatic rings. The molecule has 170 valence electrons. The summed E-state index contributed by atoms with van der Waals surface area (Å²) in [6.07, 6.45) is 30.9. The first-order valence-electron chi connectivity index (χ1n) is 12.3. The molecule has 0 aliphatic heterocycles. The zero-order valence-electron chi connectivity index (χ0n) is 20.2. The van der Waals surface area contributed by atoms with Crippen molar-refractivity contribution in [3.63, 3.8) is 0 Å². The van der Waals surface area contributed by atoms with Crippen LogP contribution in [-0.4, -0.2) is 12.1 Å². The fraction of sp³-hybridized carbons (Fsp3) is 0.778. The van der Waals surface area contributed by atoms with Crippen LogP contribution in [0, 0.1) is 5.41 Å². The zero-order valence-corrected chi connectivity index (χ0v) is 20.2. The molecule has 29 heavy (non-hydrogen) atoms. The summed E-state index contributed by atoms with van der Waals surface area (Å²) in [4.78, 5) is 0. The number of rotatable bonds is 19. The van der Waals surface area contributed by atoms with Crippen molar-refractivity contribution in [3.8, 4) is 0 Å². The Labute approximate surface area is 183 Å². The molecular weight excluding hydrogens is 352 g/mol. The van der Waals surface area contributed by atoms with E-state index in [9.17, 15) is 0 Å². The summed E-state index contributed by atoms with van der Waals surface area (Å²) in [7, 11) is 0. The van der Waals surface area contributed by atoms with Gasteiger partial charge in [0.05, 0.1) is 0 Å². The molecule has 0 saturated heterocycles. The largest absolute Gasteiger partial charge is 0.330 e. The first-order valence-corrected chi connectivity index (χ1v) is 12.3. The molecule has 2 nitrogen and oxygen atoms in total. The van der Waals surface area contributed by atoms with Crippen molar-refractivity contribution in [2.45, 2.75) is 123 Å². The minimum absolute atomic E-state index is 0.145. The van der Waals surface area contributed by atoms with E-state index in [1.165, 1.54) is 57.8 Å². The SMILES string of the molecule is CC=CCCC=CCCC=CCC(C)(N)C(C)(C)CCCCCCCCCCN. The van der Waals surface area contributed by atoms with E-state index in [1.807, 2.05) is 0 Å². The van der Waals surface area contributed by atoms with Gasteiger partial charge in [-0.1, -0.05) is 95.2 Å². The van der Waals surface area contributed by atoms with Crippen LogP contribution in [0.3, 0.4) is 0 Å². The zero-order chi connectivity index (χ0) is 21.8. The standard InChI is InChI=1S/C27H52N2/c1-5-6-7-8-9-10-11-15-18-21-24-27(4,29)26(2,3)23-20-17-14-12-13-16-19-22-25-28/h5-6,9-10,18,21H,7-8,11-17,19-20,22-25,28-29H2,1-4H3. The van der Waals surface area contributed by atoms with Crippen molar-refractivity contribution in [2.75, 3.05) is 6.54 Å². The van der Waals surface area contributed by atoms with Crippen LogP contribution >= 0.6 is 0 Å². The number of hydrogen-bond donors (Lipinski definition) is 2. The predicted molar refractivity (Wildman–Crippen MR) is 133 cm³/mol. The second-order valence-electron chi connectivity index (χ2n) is 9.54. The maximum atomic E-state index is 6.73. The van der Waals surface area contributed by atoms with Gasteiger partial charge in [-0.15, -0.1) is 0 Å². The highest BCUT2D eigenvalue weighted by Crippen LogP contribution is 2.37. The summed E-state index contributed by atoms with van der Waals surface area (Å²) in [6, 6.07) is 0. The van der Waals surface area contributed by atoms with Crippen molar-refractivity contribution in [2.24, 2.45) is 16.9 Å². The molecule has 0 amide bonds. The van der Waals surface area contributed by atoms with Crippen molar-refractivity contribution >= 4 is 0 Å². The molecule has 1 atom stereocenters. The third kappa shape index (κ3) is 15.6. The van der Waals surface area contributed by atoms with Crippen molar-refractivity contribution in [1.29, 1.82) is 0 Å². The van der Waals surface area contributed by atoms with Crippen molar-refractivity contribution in [1.82, 2.24) is 0 Å². The van der Waals surface area contributed by atoms with E-state index in [1.54, 1.807) is 0 Å². The smallest absolute Gasteiger partial charge is 0.0212 e. The van der Waals surface area contributed by atoms with E-state index >= 15 is 0 Å². The average Bonchev–Trinajstić information content (AvgIpc) is 2.68. The van der Waals surface area contributed by atoms with E-state index in [0.29, 0.717) is 0 Å². The Morgan fingerprint density at radius 2 is 1.07 bits per heavy atom. The van der Waals surface area contributed by atoms with Crippen molar-refractivity contribution < 1.29 is 0 Å². The van der Waals surface area contributed by atoms with Gasteiger partial charge in [0.25, 0.3) is 0 Å². The topological polar surface area (TPSA) is 52.0 Å². The van der Waals surface area contributed by atoms with Gasteiger partial charge in [-0.25, -0.2) is 0 Å². The lowest BCUT2D eigenvalue weighted by Crippen LogP contribution is -2.49. The van der Waals surface area contributed by atoms with E-state index in [0.717, 1.165) is 38.6 Å². The second-order valence-corrected chi connectivity index (χ2v) is 9.54. The Hall–Kier alpha value is -0.860. The maximum Gasteiger partial charge on any atom is 0.0212 e. The van der Waals surface area contributed by atoms with Crippen LogP contribution in [0.4, 0.5) is 0 Å². The molecule has 0 rings (SSSR count). The normalized spacial score (nSPS) is 15.1. The van der Waals surface area contributed by atoms with Crippen LogP contribution < -0.4 is 11.5 Å². The molecule has 1 unspecified atom stereocenters. The van der Waals surface area contributed by atoms with Gasteiger partial charge < -0.3 is 11.5 Å². The molecule has 0 bridgehead atoms. The number of nitrogens with two attached hydrogens (primary N) is 2. The van der Waals surface area contributed by atoms with Crippen LogP contribution in [0.5, 0.6) is 0 Å². The van der Waals surface area contributed by atoms with Crippen LogP contribution in [0.2, 0.25) is 0 Å². The lowest BCUT2D eigenvalue weighted by molar-refractivity contribution is 0.164. The fourth-order valence-corrected chi connectivity index (χ4v) is 3.57.